The maximum atomic E-state index is 12.0. The third-order valence-electron chi connectivity index (χ3n) is 3.35. The topological polar surface area (TPSA) is 72.2 Å². The molecule has 2 aromatic carbocycles. The van der Waals surface area contributed by atoms with Crippen LogP contribution in [-0.2, 0) is 4.79 Å². The summed E-state index contributed by atoms with van der Waals surface area (Å²) in [4.78, 5) is 22.4. The average Bonchev–Trinajstić information content (AvgIpc) is 2.83. The third kappa shape index (κ3) is 2.64. The van der Waals surface area contributed by atoms with Crippen molar-refractivity contribution in [3.63, 3.8) is 0 Å². The molecule has 5 heteroatoms. The van der Waals surface area contributed by atoms with Crippen LogP contribution in [0.5, 0.6) is 0 Å². The number of nitrogens with zero attached hydrogens (tertiary/aromatic N) is 1. The molecule has 0 saturated heterocycles. The summed E-state index contributed by atoms with van der Waals surface area (Å²) in [6.07, 6.45) is 5.30. The zero-order chi connectivity index (χ0) is 15.5. The Balaban J connectivity index is 1.94. The summed E-state index contributed by atoms with van der Waals surface area (Å²) in [5.41, 5.74) is 2.54. The smallest absolute Gasteiger partial charge is 0.270 e. The van der Waals surface area contributed by atoms with E-state index < -0.39 is 4.92 Å². The maximum Gasteiger partial charge on any atom is 0.270 e. The molecular formula is C17H12N2O3. The van der Waals surface area contributed by atoms with Crippen LogP contribution in [0.3, 0.4) is 0 Å². The minimum Gasteiger partial charge on any atom is -0.321 e. The van der Waals surface area contributed by atoms with Crippen LogP contribution in [0.2, 0.25) is 0 Å². The predicted molar refractivity (Wildman–Crippen MR) is 85.2 cm³/mol. The Hall–Kier alpha value is -3.21. The lowest BCUT2D eigenvalue weighted by atomic mass is 10.1. The normalized spacial score (nSPS) is 15.1. The summed E-state index contributed by atoms with van der Waals surface area (Å²) >= 11 is 0. The number of allylic oxidation sites excluding steroid dienone is 2. The molecule has 0 fully saturated rings. The molecule has 0 atom stereocenters. The van der Waals surface area contributed by atoms with Gasteiger partial charge in [0.2, 0.25) is 0 Å². The van der Waals surface area contributed by atoms with Gasteiger partial charge in [-0.3, -0.25) is 14.9 Å². The molecule has 0 aliphatic carbocycles. The number of fused-ring (bicyclic) bond motifs is 1. The predicted octanol–water partition coefficient (Wildman–Crippen LogP) is 3.64. The van der Waals surface area contributed by atoms with Crippen molar-refractivity contribution in [3.8, 4) is 0 Å². The van der Waals surface area contributed by atoms with Crippen LogP contribution in [0.1, 0.15) is 11.1 Å². The van der Waals surface area contributed by atoms with Gasteiger partial charge in [-0.25, -0.2) is 0 Å². The third-order valence-corrected chi connectivity index (χ3v) is 3.35. The van der Waals surface area contributed by atoms with Crippen LogP contribution in [0.4, 0.5) is 11.4 Å². The van der Waals surface area contributed by atoms with Gasteiger partial charge in [-0.15, -0.1) is 0 Å². The van der Waals surface area contributed by atoms with E-state index in [4.69, 9.17) is 0 Å². The van der Waals surface area contributed by atoms with E-state index in [9.17, 15) is 14.9 Å². The monoisotopic (exact) mass is 292 g/mol. The number of hydrogen-bond acceptors (Lipinski definition) is 3. The van der Waals surface area contributed by atoms with Crippen molar-refractivity contribution in [1.29, 1.82) is 0 Å². The molecule has 1 N–H and O–H groups in total. The van der Waals surface area contributed by atoms with E-state index in [-0.39, 0.29) is 11.6 Å². The van der Waals surface area contributed by atoms with E-state index in [1.807, 2.05) is 36.4 Å². The van der Waals surface area contributed by atoms with Crippen LogP contribution in [0.15, 0.2) is 60.7 Å². The van der Waals surface area contributed by atoms with Gasteiger partial charge < -0.3 is 5.32 Å². The van der Waals surface area contributed by atoms with E-state index >= 15 is 0 Å². The first-order chi connectivity index (χ1) is 10.6. The van der Waals surface area contributed by atoms with Gasteiger partial charge in [0.05, 0.1) is 4.92 Å². The second-order valence-electron chi connectivity index (χ2n) is 4.79. The van der Waals surface area contributed by atoms with E-state index in [0.29, 0.717) is 16.8 Å². The van der Waals surface area contributed by atoms with Gasteiger partial charge in [-0.2, -0.15) is 0 Å². The Kier molecular flexibility index (Phi) is 3.53. The second-order valence-corrected chi connectivity index (χ2v) is 4.79. The molecule has 0 saturated carbocycles. The fourth-order valence-electron chi connectivity index (χ4n) is 2.27. The van der Waals surface area contributed by atoms with Gasteiger partial charge in [-0.1, -0.05) is 42.5 Å². The van der Waals surface area contributed by atoms with Crippen LogP contribution < -0.4 is 5.32 Å². The minimum atomic E-state index is -0.472. The van der Waals surface area contributed by atoms with E-state index in [0.717, 1.165) is 5.56 Å². The van der Waals surface area contributed by atoms with Crippen molar-refractivity contribution in [2.24, 2.45) is 0 Å². The molecule has 1 heterocycles. The maximum absolute atomic E-state index is 12.0. The molecule has 22 heavy (non-hydrogen) atoms. The van der Waals surface area contributed by atoms with Crippen molar-refractivity contribution in [3.05, 3.63) is 81.9 Å². The van der Waals surface area contributed by atoms with Crippen molar-refractivity contribution >= 4 is 28.9 Å². The second kappa shape index (κ2) is 5.65. The first kappa shape index (κ1) is 13.8. The SMILES string of the molecule is O=C1Nc2ccc([N+](=O)[O-])cc2/C1=C/C=C/c1ccccc1. The standard InChI is InChI=1S/C17H12N2O3/c20-17-14(8-4-7-12-5-2-1-3-6-12)15-11-13(19(21)22)9-10-16(15)18-17/h1-11H,(H,18,20)/b7-4+,14-8-. The highest BCUT2D eigenvalue weighted by Crippen LogP contribution is 2.34. The molecule has 2 aromatic rings. The first-order valence-corrected chi connectivity index (χ1v) is 6.69. The Bertz CT molecular complexity index is 808. The van der Waals surface area contributed by atoms with Crippen molar-refractivity contribution in [2.75, 3.05) is 5.32 Å². The van der Waals surface area contributed by atoms with E-state index in [1.165, 1.54) is 12.1 Å². The molecule has 0 bridgehead atoms. The average molecular weight is 292 g/mol. The van der Waals surface area contributed by atoms with Gasteiger partial charge in [0.25, 0.3) is 11.6 Å². The van der Waals surface area contributed by atoms with Crippen LogP contribution in [0.25, 0.3) is 11.6 Å². The highest BCUT2D eigenvalue weighted by molar-refractivity contribution is 6.31. The lowest BCUT2D eigenvalue weighted by molar-refractivity contribution is -0.384. The number of rotatable bonds is 3. The van der Waals surface area contributed by atoms with Gasteiger partial charge in [0.1, 0.15) is 0 Å². The molecule has 1 aliphatic rings. The number of hydrogen-bond donors (Lipinski definition) is 1. The molecule has 1 amide bonds. The number of nitrogens with one attached hydrogen (secondary N) is 1. The summed E-state index contributed by atoms with van der Waals surface area (Å²) < 4.78 is 0. The van der Waals surface area contributed by atoms with E-state index in [2.05, 4.69) is 5.32 Å². The van der Waals surface area contributed by atoms with Crippen LogP contribution in [-0.4, -0.2) is 10.8 Å². The fraction of sp³-hybridized carbons (Fsp3) is 0. The van der Waals surface area contributed by atoms with Crippen molar-refractivity contribution in [2.45, 2.75) is 0 Å². The van der Waals surface area contributed by atoms with Crippen LogP contribution >= 0.6 is 0 Å². The number of non-ortho nitro benzene ring substituents is 1. The fourth-order valence-corrected chi connectivity index (χ4v) is 2.27. The molecule has 0 aromatic heterocycles. The Labute approximate surface area is 126 Å². The summed E-state index contributed by atoms with van der Waals surface area (Å²) in [5, 5.41) is 13.6. The van der Waals surface area contributed by atoms with Crippen molar-refractivity contribution < 1.29 is 9.72 Å². The lowest BCUT2D eigenvalue weighted by Gasteiger charge is -1.97. The summed E-state index contributed by atoms with van der Waals surface area (Å²) in [6, 6.07) is 14.0. The molecule has 108 valence electrons. The number of nitro groups is 1. The Morgan fingerprint density at radius 2 is 1.86 bits per heavy atom. The van der Waals surface area contributed by atoms with Gasteiger partial charge in [0.15, 0.2) is 0 Å². The number of carbonyl (C=O) groups is 1. The zero-order valence-electron chi connectivity index (χ0n) is 11.5. The molecule has 5 nitrogen and oxygen atoms in total. The number of nitro benzene ring substituents is 1. The number of carbonyl (C=O) groups excluding carboxylic acids is 1. The van der Waals surface area contributed by atoms with Crippen LogP contribution in [0, 0.1) is 10.1 Å². The first-order valence-electron chi connectivity index (χ1n) is 6.69. The van der Waals surface area contributed by atoms with Crippen molar-refractivity contribution in [1.82, 2.24) is 0 Å². The number of benzene rings is 2. The van der Waals surface area contributed by atoms with Gasteiger partial charge in [-0.05, 0) is 17.7 Å². The molecule has 0 unspecified atom stereocenters. The highest BCUT2D eigenvalue weighted by atomic mass is 16.6. The van der Waals surface area contributed by atoms with E-state index in [1.54, 1.807) is 18.2 Å². The highest BCUT2D eigenvalue weighted by Gasteiger charge is 2.25. The lowest BCUT2D eigenvalue weighted by Crippen LogP contribution is -2.03. The van der Waals surface area contributed by atoms with Gasteiger partial charge in [0, 0.05) is 29.0 Å². The summed E-state index contributed by atoms with van der Waals surface area (Å²) in [5.74, 6) is -0.256. The quantitative estimate of drug-likeness (QED) is 0.533. The number of anilines is 1. The largest absolute Gasteiger partial charge is 0.321 e. The number of amides is 1. The minimum absolute atomic E-state index is 0.0341. The molecule has 1 aliphatic heterocycles. The summed E-state index contributed by atoms with van der Waals surface area (Å²) in [7, 11) is 0. The molecule has 0 spiro atoms. The molecule has 0 radical (unpaired) electrons. The van der Waals surface area contributed by atoms with Gasteiger partial charge >= 0.3 is 0 Å². The Morgan fingerprint density at radius 1 is 1.09 bits per heavy atom. The Morgan fingerprint density at radius 3 is 2.59 bits per heavy atom. The molecule has 3 rings (SSSR count). The zero-order valence-corrected chi connectivity index (χ0v) is 11.5. The molecular weight excluding hydrogens is 280 g/mol. The summed E-state index contributed by atoms with van der Waals surface area (Å²) in [6.45, 7) is 0.